The number of carboxylic acids is 1. The highest BCUT2D eigenvalue weighted by molar-refractivity contribution is 5.90. The normalized spacial score (nSPS) is 12.6. The second kappa shape index (κ2) is 8.46. The van der Waals surface area contributed by atoms with E-state index in [9.17, 15) is 9.90 Å². The Bertz CT molecular complexity index is 1470. The minimum Gasteiger partial charge on any atom is -0.476 e. The second-order valence-corrected chi connectivity index (χ2v) is 8.80. The van der Waals surface area contributed by atoms with E-state index in [2.05, 4.69) is 9.97 Å². The molecule has 36 heavy (non-hydrogen) atoms. The standard InChI is InChI=1S/C29H23N5O2/c30-28-31-18-19-16-17-23-25(27(35)36)33-34(26(23)24(19)32-28)29(20-10-4-1-5-11-20,21-12-6-2-7-13-21)22-14-8-3-9-15-22/h1-15,18H,16-17H2,(H,35,36)(H2,30,31,32). The Morgan fingerprint density at radius 3 is 1.86 bits per heavy atom. The first kappa shape index (κ1) is 21.7. The Kier molecular flexibility index (Phi) is 5.11. The lowest BCUT2D eigenvalue weighted by atomic mass is 9.76. The number of nitrogens with zero attached hydrogens (tertiary/aromatic N) is 4. The molecule has 3 aromatic carbocycles. The van der Waals surface area contributed by atoms with E-state index in [1.54, 1.807) is 6.20 Å². The molecule has 0 unspecified atom stereocenters. The van der Waals surface area contributed by atoms with Gasteiger partial charge < -0.3 is 10.8 Å². The van der Waals surface area contributed by atoms with Gasteiger partial charge in [-0.15, -0.1) is 0 Å². The minimum absolute atomic E-state index is 0.0278. The second-order valence-electron chi connectivity index (χ2n) is 8.80. The average Bonchev–Trinajstić information content (AvgIpc) is 3.32. The Labute approximate surface area is 207 Å². The molecule has 0 bridgehead atoms. The van der Waals surface area contributed by atoms with Crippen LogP contribution in [0, 0.1) is 0 Å². The fourth-order valence-corrected chi connectivity index (χ4v) is 5.32. The van der Waals surface area contributed by atoms with E-state index in [0.717, 1.165) is 22.3 Å². The average molecular weight is 474 g/mol. The van der Waals surface area contributed by atoms with Crippen LogP contribution in [0.4, 0.5) is 5.95 Å². The molecule has 0 spiro atoms. The summed E-state index contributed by atoms with van der Waals surface area (Å²) < 4.78 is 1.84. The molecule has 0 atom stereocenters. The molecular formula is C29H23N5O2. The fourth-order valence-electron chi connectivity index (χ4n) is 5.32. The van der Waals surface area contributed by atoms with Crippen LogP contribution in [0.2, 0.25) is 0 Å². The summed E-state index contributed by atoms with van der Waals surface area (Å²) in [5.74, 6) is -0.936. The number of aromatic nitrogens is 4. The summed E-state index contributed by atoms with van der Waals surface area (Å²) in [6, 6.07) is 30.1. The molecule has 0 saturated heterocycles. The van der Waals surface area contributed by atoms with Gasteiger partial charge in [0, 0.05) is 11.8 Å². The molecule has 1 aliphatic carbocycles. The molecule has 0 radical (unpaired) electrons. The van der Waals surface area contributed by atoms with E-state index in [4.69, 9.17) is 10.8 Å². The van der Waals surface area contributed by atoms with Gasteiger partial charge >= 0.3 is 5.97 Å². The van der Waals surface area contributed by atoms with Crippen molar-refractivity contribution in [1.29, 1.82) is 0 Å². The first-order valence-electron chi connectivity index (χ1n) is 11.7. The number of nitrogens with two attached hydrogens (primary N) is 1. The van der Waals surface area contributed by atoms with Gasteiger partial charge in [0.2, 0.25) is 5.95 Å². The maximum Gasteiger partial charge on any atom is 0.356 e. The molecule has 5 aromatic rings. The third-order valence-electron chi connectivity index (χ3n) is 6.83. The zero-order chi connectivity index (χ0) is 24.7. The number of nitrogen functional groups attached to an aromatic ring is 1. The zero-order valence-electron chi connectivity index (χ0n) is 19.4. The molecule has 2 aromatic heterocycles. The molecule has 1 aliphatic rings. The molecular weight excluding hydrogens is 450 g/mol. The summed E-state index contributed by atoms with van der Waals surface area (Å²) in [6.07, 6.45) is 2.86. The minimum atomic E-state index is -1.07. The number of benzene rings is 3. The van der Waals surface area contributed by atoms with E-state index >= 15 is 0 Å². The molecule has 2 heterocycles. The van der Waals surface area contributed by atoms with Crippen LogP contribution in [-0.4, -0.2) is 30.8 Å². The van der Waals surface area contributed by atoms with Gasteiger partial charge in [-0.05, 0) is 35.1 Å². The highest BCUT2D eigenvalue weighted by Crippen LogP contribution is 2.46. The molecule has 6 rings (SSSR count). The number of carboxylic acid groups (broad SMARTS) is 1. The molecule has 0 fully saturated rings. The first-order chi connectivity index (χ1) is 17.6. The van der Waals surface area contributed by atoms with Crippen molar-refractivity contribution in [3.8, 4) is 11.4 Å². The molecule has 0 amide bonds. The van der Waals surface area contributed by atoms with Gasteiger partial charge in [-0.25, -0.2) is 19.4 Å². The van der Waals surface area contributed by atoms with Crippen molar-refractivity contribution in [2.75, 3.05) is 5.73 Å². The van der Waals surface area contributed by atoms with E-state index < -0.39 is 11.5 Å². The van der Waals surface area contributed by atoms with Gasteiger partial charge in [0.15, 0.2) is 5.69 Å². The summed E-state index contributed by atoms with van der Waals surface area (Å²) in [7, 11) is 0. The van der Waals surface area contributed by atoms with E-state index in [1.165, 1.54) is 0 Å². The maximum absolute atomic E-state index is 12.5. The fraction of sp³-hybridized carbons (Fsp3) is 0.103. The molecule has 0 aliphatic heterocycles. The summed E-state index contributed by atoms with van der Waals surface area (Å²) in [6.45, 7) is 0. The Hall–Kier alpha value is -4.78. The number of carbonyl (C=O) groups is 1. The van der Waals surface area contributed by atoms with Crippen molar-refractivity contribution < 1.29 is 9.90 Å². The van der Waals surface area contributed by atoms with Crippen molar-refractivity contribution >= 4 is 11.9 Å². The van der Waals surface area contributed by atoms with Gasteiger partial charge in [0.05, 0.1) is 11.4 Å². The van der Waals surface area contributed by atoms with Gasteiger partial charge in [-0.3, -0.25) is 0 Å². The van der Waals surface area contributed by atoms with Crippen molar-refractivity contribution in [3.05, 3.63) is 131 Å². The summed E-state index contributed by atoms with van der Waals surface area (Å²) in [4.78, 5) is 21.3. The van der Waals surface area contributed by atoms with Crippen LogP contribution in [-0.2, 0) is 18.4 Å². The Morgan fingerprint density at radius 1 is 0.833 bits per heavy atom. The number of aromatic carboxylic acids is 1. The van der Waals surface area contributed by atoms with Crippen LogP contribution in [0.5, 0.6) is 0 Å². The number of fused-ring (bicyclic) bond motifs is 3. The van der Waals surface area contributed by atoms with Crippen LogP contribution >= 0.6 is 0 Å². The van der Waals surface area contributed by atoms with Crippen molar-refractivity contribution in [1.82, 2.24) is 19.7 Å². The van der Waals surface area contributed by atoms with E-state index in [1.807, 2.05) is 95.7 Å². The van der Waals surface area contributed by atoms with Gasteiger partial charge in [-0.1, -0.05) is 91.0 Å². The zero-order valence-corrected chi connectivity index (χ0v) is 19.4. The lowest BCUT2D eigenvalue weighted by Crippen LogP contribution is -2.39. The first-order valence-corrected chi connectivity index (χ1v) is 11.7. The van der Waals surface area contributed by atoms with E-state index in [-0.39, 0.29) is 11.6 Å². The SMILES string of the molecule is Nc1ncc2c(n1)-c1c(c(C(=O)O)nn1C(c1ccccc1)(c1ccccc1)c1ccccc1)CC2. The molecule has 7 heteroatoms. The summed E-state index contributed by atoms with van der Waals surface area (Å²) in [5.41, 5.74) is 10.8. The van der Waals surface area contributed by atoms with Crippen molar-refractivity contribution in [2.24, 2.45) is 0 Å². The van der Waals surface area contributed by atoms with E-state index in [0.29, 0.717) is 29.8 Å². The molecule has 176 valence electrons. The number of rotatable bonds is 5. The lowest BCUT2D eigenvalue weighted by molar-refractivity contribution is 0.0688. The third kappa shape index (κ3) is 3.20. The number of anilines is 1. The number of hydrogen-bond donors (Lipinski definition) is 2. The Balaban J connectivity index is 1.82. The highest BCUT2D eigenvalue weighted by Gasteiger charge is 2.44. The Morgan fingerprint density at radius 2 is 1.36 bits per heavy atom. The number of aryl methyl sites for hydroxylation is 1. The summed E-state index contributed by atoms with van der Waals surface area (Å²) >= 11 is 0. The van der Waals surface area contributed by atoms with Crippen molar-refractivity contribution in [3.63, 3.8) is 0 Å². The quantitative estimate of drug-likeness (QED) is 0.363. The van der Waals surface area contributed by atoms with Crippen LogP contribution in [0.3, 0.4) is 0 Å². The van der Waals surface area contributed by atoms with Gasteiger partial charge in [0.25, 0.3) is 0 Å². The predicted octanol–water partition coefficient (Wildman–Crippen LogP) is 4.56. The van der Waals surface area contributed by atoms with Crippen LogP contribution in [0.25, 0.3) is 11.4 Å². The molecule has 7 nitrogen and oxygen atoms in total. The highest BCUT2D eigenvalue weighted by atomic mass is 16.4. The maximum atomic E-state index is 12.5. The molecule has 3 N–H and O–H groups in total. The van der Waals surface area contributed by atoms with Crippen molar-refractivity contribution in [2.45, 2.75) is 18.4 Å². The predicted molar refractivity (Wildman–Crippen MR) is 137 cm³/mol. The smallest absolute Gasteiger partial charge is 0.356 e. The lowest BCUT2D eigenvalue weighted by Gasteiger charge is -2.38. The monoisotopic (exact) mass is 473 g/mol. The van der Waals surface area contributed by atoms with Crippen LogP contribution < -0.4 is 5.73 Å². The molecule has 0 saturated carbocycles. The number of hydrogen-bond acceptors (Lipinski definition) is 5. The van der Waals surface area contributed by atoms with Crippen LogP contribution in [0.15, 0.2) is 97.2 Å². The third-order valence-corrected chi connectivity index (χ3v) is 6.83. The largest absolute Gasteiger partial charge is 0.476 e. The van der Waals surface area contributed by atoms with Gasteiger partial charge in [-0.2, -0.15) is 5.10 Å². The topological polar surface area (TPSA) is 107 Å². The summed E-state index contributed by atoms with van der Waals surface area (Å²) in [5, 5.41) is 15.0. The van der Waals surface area contributed by atoms with Crippen LogP contribution in [0.1, 0.15) is 38.3 Å². The van der Waals surface area contributed by atoms with Gasteiger partial charge in [0.1, 0.15) is 5.54 Å².